The van der Waals surface area contributed by atoms with Crippen LogP contribution in [-0.2, 0) is 10.0 Å². The summed E-state index contributed by atoms with van der Waals surface area (Å²) in [6.07, 6.45) is 0. The summed E-state index contributed by atoms with van der Waals surface area (Å²) in [7, 11) is -0.740. The number of benzene rings is 2. The Morgan fingerprint density at radius 2 is 1.72 bits per heavy atom. The minimum Gasteiger partial charge on any atom is -0.298 e. The Labute approximate surface area is 170 Å². The predicted molar refractivity (Wildman–Crippen MR) is 107 cm³/mol. The minimum absolute atomic E-state index is 0.0739. The first-order valence-corrected chi connectivity index (χ1v) is 10.6. The fourth-order valence-corrected chi connectivity index (χ4v) is 4.25. The Morgan fingerprint density at radius 1 is 1.07 bits per heavy atom. The van der Waals surface area contributed by atoms with Gasteiger partial charge < -0.3 is 0 Å². The van der Waals surface area contributed by atoms with Crippen molar-refractivity contribution in [3.63, 3.8) is 0 Å². The number of hydrogen-bond acceptors (Lipinski definition) is 5. The number of amides is 1. The summed E-state index contributed by atoms with van der Waals surface area (Å²) in [6.45, 7) is 1.75. The predicted octanol–water partition coefficient (Wildman–Crippen LogP) is 3.90. The molecule has 0 saturated carbocycles. The van der Waals surface area contributed by atoms with Gasteiger partial charge in [0.1, 0.15) is 0 Å². The number of thiazole rings is 1. The van der Waals surface area contributed by atoms with E-state index in [1.165, 1.54) is 55.8 Å². The van der Waals surface area contributed by atoms with E-state index in [9.17, 15) is 22.0 Å². The van der Waals surface area contributed by atoms with Gasteiger partial charge in [-0.15, -0.1) is 11.3 Å². The molecule has 10 heteroatoms. The maximum atomic E-state index is 13.5. The third-order valence-electron chi connectivity index (χ3n) is 4.11. The lowest BCUT2D eigenvalue weighted by Gasteiger charge is -2.11. The molecule has 0 unspecified atom stereocenters. The van der Waals surface area contributed by atoms with Gasteiger partial charge >= 0.3 is 0 Å². The molecular weight excluding hydrogens is 420 g/mol. The van der Waals surface area contributed by atoms with Crippen LogP contribution in [0.2, 0.25) is 0 Å². The Kier molecular flexibility index (Phi) is 5.78. The quantitative estimate of drug-likeness (QED) is 0.657. The van der Waals surface area contributed by atoms with E-state index in [2.05, 4.69) is 10.3 Å². The lowest BCUT2D eigenvalue weighted by atomic mass is 10.1. The second-order valence-electron chi connectivity index (χ2n) is 6.32. The fraction of sp³-hybridized carbons (Fsp3) is 0.158. The van der Waals surface area contributed by atoms with E-state index in [-0.39, 0.29) is 15.6 Å². The Bertz CT molecular complexity index is 1170. The number of nitrogens with one attached hydrogen (secondary N) is 1. The van der Waals surface area contributed by atoms with E-state index in [1.54, 1.807) is 6.92 Å². The van der Waals surface area contributed by atoms with Crippen LogP contribution in [0.4, 0.5) is 13.9 Å². The van der Waals surface area contributed by atoms with Crippen molar-refractivity contribution in [3.05, 3.63) is 64.5 Å². The van der Waals surface area contributed by atoms with Gasteiger partial charge in [-0.2, -0.15) is 0 Å². The number of carbonyl (C=O) groups excluding carboxylic acids is 1. The summed E-state index contributed by atoms with van der Waals surface area (Å²) in [4.78, 5) is 17.5. The molecule has 1 aromatic heterocycles. The molecule has 3 aromatic rings. The summed E-state index contributed by atoms with van der Waals surface area (Å²) in [6, 6.07) is 8.99. The average Bonchev–Trinajstić information content (AvgIpc) is 3.04. The van der Waals surface area contributed by atoms with E-state index in [0.717, 1.165) is 21.3 Å². The van der Waals surface area contributed by atoms with Crippen molar-refractivity contribution < 1.29 is 22.0 Å². The van der Waals surface area contributed by atoms with Crippen molar-refractivity contribution in [2.75, 3.05) is 19.4 Å². The molecule has 2 aromatic carbocycles. The number of carbonyl (C=O) groups is 1. The van der Waals surface area contributed by atoms with Gasteiger partial charge in [0.15, 0.2) is 16.8 Å². The third kappa shape index (κ3) is 4.34. The molecule has 0 aliphatic rings. The van der Waals surface area contributed by atoms with Crippen LogP contribution >= 0.6 is 11.3 Å². The van der Waals surface area contributed by atoms with Crippen molar-refractivity contribution in [2.45, 2.75) is 11.8 Å². The van der Waals surface area contributed by atoms with Gasteiger partial charge in [0, 0.05) is 30.1 Å². The largest absolute Gasteiger partial charge is 0.298 e. The zero-order valence-electron chi connectivity index (χ0n) is 15.7. The second kappa shape index (κ2) is 7.97. The number of anilines is 1. The lowest BCUT2D eigenvalue weighted by Crippen LogP contribution is -2.22. The Morgan fingerprint density at radius 3 is 2.31 bits per heavy atom. The van der Waals surface area contributed by atoms with Crippen molar-refractivity contribution in [3.8, 4) is 11.3 Å². The second-order valence-corrected chi connectivity index (χ2v) is 9.67. The first kappa shape index (κ1) is 21.0. The smallest absolute Gasteiger partial charge is 0.257 e. The van der Waals surface area contributed by atoms with E-state index >= 15 is 0 Å². The lowest BCUT2D eigenvalue weighted by molar-refractivity contribution is 0.102. The zero-order valence-corrected chi connectivity index (χ0v) is 17.4. The number of nitrogens with zero attached hydrogens (tertiary/aromatic N) is 2. The molecule has 0 aliphatic carbocycles. The van der Waals surface area contributed by atoms with Crippen molar-refractivity contribution in [2.24, 2.45) is 0 Å². The van der Waals surface area contributed by atoms with Gasteiger partial charge in [-0.3, -0.25) is 10.1 Å². The van der Waals surface area contributed by atoms with E-state index < -0.39 is 27.6 Å². The monoisotopic (exact) mass is 437 g/mol. The van der Waals surface area contributed by atoms with Crippen LogP contribution in [0, 0.1) is 18.6 Å². The van der Waals surface area contributed by atoms with Gasteiger partial charge in [-0.1, -0.05) is 0 Å². The van der Waals surface area contributed by atoms with Gasteiger partial charge in [0.2, 0.25) is 10.0 Å². The minimum atomic E-state index is -3.58. The van der Waals surface area contributed by atoms with Crippen molar-refractivity contribution in [1.29, 1.82) is 0 Å². The maximum Gasteiger partial charge on any atom is 0.257 e. The molecule has 0 spiro atoms. The van der Waals surface area contributed by atoms with Gasteiger partial charge in [-0.25, -0.2) is 26.5 Å². The molecule has 0 saturated heterocycles. The molecule has 0 atom stereocenters. The SMILES string of the molecule is Cc1sc(NC(=O)c2ccc(S(=O)(=O)N(C)C)cc2)nc1-c1ccc(F)c(F)c1. The summed E-state index contributed by atoms with van der Waals surface area (Å²) in [5, 5.41) is 2.93. The van der Waals surface area contributed by atoms with E-state index in [1.807, 2.05) is 0 Å². The van der Waals surface area contributed by atoms with Crippen LogP contribution in [0.3, 0.4) is 0 Å². The van der Waals surface area contributed by atoms with Crippen LogP contribution < -0.4 is 5.32 Å². The maximum absolute atomic E-state index is 13.5. The number of sulfonamides is 1. The molecule has 29 heavy (non-hydrogen) atoms. The van der Waals surface area contributed by atoms with Gasteiger partial charge in [0.05, 0.1) is 10.6 Å². The molecule has 0 bridgehead atoms. The highest BCUT2D eigenvalue weighted by molar-refractivity contribution is 7.89. The van der Waals surface area contributed by atoms with E-state index in [0.29, 0.717) is 11.3 Å². The van der Waals surface area contributed by atoms with Crippen LogP contribution in [-0.4, -0.2) is 37.7 Å². The van der Waals surface area contributed by atoms with Gasteiger partial charge in [0.25, 0.3) is 5.91 Å². The molecule has 152 valence electrons. The van der Waals surface area contributed by atoms with Gasteiger partial charge in [-0.05, 0) is 49.4 Å². The van der Waals surface area contributed by atoms with Crippen LogP contribution in [0.15, 0.2) is 47.4 Å². The molecule has 0 fully saturated rings. The summed E-state index contributed by atoms with van der Waals surface area (Å²) in [5.41, 5.74) is 1.10. The van der Waals surface area contributed by atoms with Crippen molar-refractivity contribution >= 4 is 32.4 Å². The van der Waals surface area contributed by atoms with Crippen LogP contribution in [0.1, 0.15) is 15.2 Å². The van der Waals surface area contributed by atoms with Crippen LogP contribution in [0.5, 0.6) is 0 Å². The van der Waals surface area contributed by atoms with E-state index in [4.69, 9.17) is 0 Å². The highest BCUT2D eigenvalue weighted by Gasteiger charge is 2.18. The summed E-state index contributed by atoms with van der Waals surface area (Å²) < 4.78 is 51.9. The Hall–Kier alpha value is -2.69. The summed E-state index contributed by atoms with van der Waals surface area (Å²) in [5.74, 6) is -2.40. The fourth-order valence-electron chi connectivity index (χ4n) is 2.52. The number of aryl methyl sites for hydroxylation is 1. The molecule has 1 amide bonds. The third-order valence-corrected chi connectivity index (χ3v) is 6.82. The first-order valence-electron chi connectivity index (χ1n) is 8.36. The van der Waals surface area contributed by atoms with Crippen molar-refractivity contribution in [1.82, 2.24) is 9.29 Å². The normalized spacial score (nSPS) is 11.7. The number of halogens is 2. The highest BCUT2D eigenvalue weighted by Crippen LogP contribution is 2.31. The molecular formula is C19H17F2N3O3S2. The summed E-state index contributed by atoms with van der Waals surface area (Å²) >= 11 is 1.19. The standard InChI is InChI=1S/C19H17F2N3O3S2/c1-11-17(13-6-9-15(20)16(21)10-13)22-19(28-11)23-18(25)12-4-7-14(8-5-12)29(26,27)24(2)3/h4-10H,1-3H3,(H,22,23,25). The topological polar surface area (TPSA) is 79.4 Å². The molecule has 6 nitrogen and oxygen atoms in total. The number of rotatable bonds is 5. The molecule has 1 heterocycles. The zero-order chi connectivity index (χ0) is 21.3. The number of aromatic nitrogens is 1. The first-order chi connectivity index (χ1) is 13.6. The Balaban J connectivity index is 1.80. The average molecular weight is 437 g/mol. The molecule has 0 aliphatic heterocycles. The van der Waals surface area contributed by atoms with Crippen LogP contribution in [0.25, 0.3) is 11.3 Å². The molecule has 0 radical (unpaired) electrons. The highest BCUT2D eigenvalue weighted by atomic mass is 32.2. The molecule has 3 rings (SSSR count). The number of hydrogen-bond donors (Lipinski definition) is 1. The molecule has 1 N–H and O–H groups in total.